The number of rotatable bonds is 5. The van der Waals surface area contributed by atoms with Gasteiger partial charge < -0.3 is 9.88 Å². The Balaban J connectivity index is 1.85. The maximum atomic E-state index is 11.2. The molecule has 0 spiro atoms. The van der Waals surface area contributed by atoms with E-state index in [-0.39, 0.29) is 11.6 Å². The van der Waals surface area contributed by atoms with E-state index in [1.165, 1.54) is 19.1 Å². The lowest BCUT2D eigenvalue weighted by atomic mass is 10.1. The lowest BCUT2D eigenvalue weighted by Crippen LogP contribution is -2.06. The number of amides is 1. The van der Waals surface area contributed by atoms with E-state index in [1.807, 2.05) is 35.0 Å². The number of non-ortho nitro benzene ring substituents is 1. The third-order valence-corrected chi connectivity index (χ3v) is 3.66. The molecule has 0 bridgehead atoms. The molecule has 0 atom stereocenters. The first-order valence-electron chi connectivity index (χ1n) is 7.65. The molecule has 2 aromatic carbocycles. The van der Waals surface area contributed by atoms with Gasteiger partial charge in [0.2, 0.25) is 5.91 Å². The predicted octanol–water partition coefficient (Wildman–Crippen LogP) is 3.47. The topological polar surface area (TPSA) is 90.1 Å². The highest BCUT2D eigenvalue weighted by Crippen LogP contribution is 2.22. The molecule has 0 aliphatic rings. The molecular weight excluding hydrogens is 320 g/mol. The summed E-state index contributed by atoms with van der Waals surface area (Å²) in [7, 11) is 0. The van der Waals surface area contributed by atoms with Crippen molar-refractivity contribution in [2.75, 3.05) is 5.32 Å². The van der Waals surface area contributed by atoms with Gasteiger partial charge in [-0.15, -0.1) is 0 Å². The van der Waals surface area contributed by atoms with E-state index < -0.39 is 4.92 Å². The molecule has 0 aliphatic heterocycles. The molecule has 0 saturated heterocycles. The van der Waals surface area contributed by atoms with Crippen molar-refractivity contribution in [1.82, 2.24) is 9.55 Å². The molecule has 1 aromatic heterocycles. The van der Waals surface area contributed by atoms with Crippen LogP contribution in [0.25, 0.3) is 11.4 Å². The van der Waals surface area contributed by atoms with Crippen molar-refractivity contribution in [3.05, 3.63) is 76.6 Å². The van der Waals surface area contributed by atoms with Gasteiger partial charge in [0.05, 0.1) is 4.92 Å². The fourth-order valence-electron chi connectivity index (χ4n) is 2.56. The second kappa shape index (κ2) is 6.96. The molecule has 3 aromatic rings. The number of nitro groups is 1. The Morgan fingerprint density at radius 2 is 2.00 bits per heavy atom. The number of hydrogen-bond donors (Lipinski definition) is 1. The van der Waals surface area contributed by atoms with Gasteiger partial charge in [0.1, 0.15) is 5.82 Å². The molecule has 1 amide bonds. The third-order valence-electron chi connectivity index (χ3n) is 3.66. The summed E-state index contributed by atoms with van der Waals surface area (Å²) in [6, 6.07) is 13.9. The zero-order chi connectivity index (χ0) is 17.8. The molecule has 0 fully saturated rings. The smallest absolute Gasteiger partial charge is 0.269 e. The minimum absolute atomic E-state index is 0.0672. The van der Waals surface area contributed by atoms with E-state index in [9.17, 15) is 14.9 Å². The van der Waals surface area contributed by atoms with E-state index in [0.29, 0.717) is 12.2 Å². The van der Waals surface area contributed by atoms with Crippen LogP contribution in [-0.4, -0.2) is 20.4 Å². The van der Waals surface area contributed by atoms with Crippen molar-refractivity contribution in [1.29, 1.82) is 0 Å². The molecule has 1 heterocycles. The Morgan fingerprint density at radius 3 is 2.68 bits per heavy atom. The minimum atomic E-state index is -0.417. The van der Waals surface area contributed by atoms with Gasteiger partial charge in [-0.3, -0.25) is 14.9 Å². The van der Waals surface area contributed by atoms with Crippen LogP contribution in [0, 0.1) is 10.1 Å². The molecule has 3 rings (SSSR count). The van der Waals surface area contributed by atoms with Crippen molar-refractivity contribution < 1.29 is 9.72 Å². The number of anilines is 1. The van der Waals surface area contributed by atoms with Crippen molar-refractivity contribution in [2.45, 2.75) is 13.5 Å². The summed E-state index contributed by atoms with van der Waals surface area (Å²) in [5, 5.41) is 13.5. The van der Waals surface area contributed by atoms with Gasteiger partial charge >= 0.3 is 0 Å². The van der Waals surface area contributed by atoms with E-state index in [1.54, 1.807) is 18.3 Å². The number of aromatic nitrogens is 2. The summed E-state index contributed by atoms with van der Waals surface area (Å²) >= 11 is 0. The monoisotopic (exact) mass is 336 g/mol. The van der Waals surface area contributed by atoms with Crippen LogP contribution in [0.15, 0.2) is 60.9 Å². The van der Waals surface area contributed by atoms with Gasteiger partial charge in [0.25, 0.3) is 5.69 Å². The average Bonchev–Trinajstić information content (AvgIpc) is 3.03. The zero-order valence-corrected chi connectivity index (χ0v) is 13.5. The SMILES string of the molecule is CC(=O)Nc1cccc(-c2nccn2Cc2ccc([N+](=O)[O-])cc2)c1. The highest BCUT2D eigenvalue weighted by atomic mass is 16.6. The second-order valence-corrected chi connectivity index (χ2v) is 5.56. The molecule has 1 N–H and O–H groups in total. The van der Waals surface area contributed by atoms with Crippen molar-refractivity contribution in [2.24, 2.45) is 0 Å². The summed E-state index contributed by atoms with van der Waals surface area (Å²) in [5.74, 6) is 0.622. The van der Waals surface area contributed by atoms with Crippen LogP contribution < -0.4 is 5.32 Å². The summed E-state index contributed by atoms with van der Waals surface area (Å²) in [4.78, 5) is 25.9. The fraction of sp³-hybridized carbons (Fsp3) is 0.111. The highest BCUT2D eigenvalue weighted by Gasteiger charge is 2.09. The first-order chi connectivity index (χ1) is 12.0. The number of benzene rings is 2. The first kappa shape index (κ1) is 16.4. The average molecular weight is 336 g/mol. The first-order valence-corrected chi connectivity index (χ1v) is 7.65. The molecule has 126 valence electrons. The Morgan fingerprint density at radius 1 is 1.24 bits per heavy atom. The van der Waals surface area contributed by atoms with Gasteiger partial charge in [-0.1, -0.05) is 24.3 Å². The van der Waals surface area contributed by atoms with Crippen molar-refractivity contribution in [3.8, 4) is 11.4 Å². The third kappa shape index (κ3) is 3.89. The van der Waals surface area contributed by atoms with E-state index in [4.69, 9.17) is 0 Å². The van der Waals surface area contributed by atoms with Crippen LogP contribution in [0.5, 0.6) is 0 Å². The molecule has 0 saturated carbocycles. The number of nitrogens with one attached hydrogen (secondary N) is 1. The van der Waals surface area contributed by atoms with Crippen LogP contribution in [-0.2, 0) is 11.3 Å². The fourth-order valence-corrected chi connectivity index (χ4v) is 2.56. The maximum absolute atomic E-state index is 11.2. The molecule has 0 aliphatic carbocycles. The Labute approximate surface area is 144 Å². The largest absolute Gasteiger partial charge is 0.327 e. The van der Waals surface area contributed by atoms with Gasteiger partial charge in [0.15, 0.2) is 0 Å². The minimum Gasteiger partial charge on any atom is -0.327 e. The number of nitro benzene ring substituents is 1. The number of carbonyl (C=O) groups is 1. The summed E-state index contributed by atoms with van der Waals surface area (Å²) in [6.07, 6.45) is 3.55. The van der Waals surface area contributed by atoms with E-state index >= 15 is 0 Å². The predicted molar refractivity (Wildman–Crippen MR) is 94.2 cm³/mol. The van der Waals surface area contributed by atoms with Crippen molar-refractivity contribution >= 4 is 17.3 Å². The Kier molecular flexibility index (Phi) is 4.56. The summed E-state index contributed by atoms with van der Waals surface area (Å²) in [5.41, 5.74) is 2.58. The lowest BCUT2D eigenvalue weighted by molar-refractivity contribution is -0.384. The van der Waals surface area contributed by atoms with Crippen LogP contribution in [0.4, 0.5) is 11.4 Å². The van der Waals surface area contributed by atoms with Gasteiger partial charge in [0, 0.05) is 49.2 Å². The Bertz CT molecular complexity index is 916. The van der Waals surface area contributed by atoms with Crippen molar-refractivity contribution in [3.63, 3.8) is 0 Å². The zero-order valence-electron chi connectivity index (χ0n) is 13.5. The van der Waals surface area contributed by atoms with Crippen LogP contribution >= 0.6 is 0 Å². The lowest BCUT2D eigenvalue weighted by Gasteiger charge is -2.10. The number of nitrogens with zero attached hydrogens (tertiary/aromatic N) is 3. The Hall–Kier alpha value is -3.48. The maximum Gasteiger partial charge on any atom is 0.269 e. The highest BCUT2D eigenvalue weighted by molar-refractivity contribution is 5.89. The van der Waals surface area contributed by atoms with Crippen LogP contribution in [0.1, 0.15) is 12.5 Å². The van der Waals surface area contributed by atoms with Crippen LogP contribution in [0.2, 0.25) is 0 Å². The van der Waals surface area contributed by atoms with Gasteiger partial charge in [-0.25, -0.2) is 4.98 Å². The molecule has 7 heteroatoms. The summed E-state index contributed by atoms with van der Waals surface area (Å²) in [6.45, 7) is 2.00. The molecule has 25 heavy (non-hydrogen) atoms. The van der Waals surface area contributed by atoms with Crippen LogP contribution in [0.3, 0.4) is 0 Å². The van der Waals surface area contributed by atoms with E-state index in [2.05, 4.69) is 10.3 Å². The van der Waals surface area contributed by atoms with Gasteiger partial charge in [-0.2, -0.15) is 0 Å². The quantitative estimate of drug-likeness (QED) is 0.570. The van der Waals surface area contributed by atoms with E-state index in [0.717, 1.165) is 17.0 Å². The second-order valence-electron chi connectivity index (χ2n) is 5.56. The molecule has 7 nitrogen and oxygen atoms in total. The normalized spacial score (nSPS) is 10.4. The molecular formula is C18H16N4O3. The molecule has 0 radical (unpaired) electrons. The summed E-state index contributed by atoms with van der Waals surface area (Å²) < 4.78 is 1.95. The number of hydrogen-bond acceptors (Lipinski definition) is 4. The van der Waals surface area contributed by atoms with Gasteiger partial charge in [-0.05, 0) is 17.7 Å². The molecule has 0 unspecified atom stereocenters. The number of carbonyl (C=O) groups excluding carboxylic acids is 1. The standard InChI is InChI=1S/C18H16N4O3/c1-13(23)20-16-4-2-3-15(11-16)18-19-9-10-21(18)12-14-5-7-17(8-6-14)22(24)25/h2-11H,12H2,1H3,(H,20,23). The number of imidazole rings is 1.